The van der Waals surface area contributed by atoms with Gasteiger partial charge in [-0.3, -0.25) is 0 Å². The minimum atomic E-state index is -2.46. The molecule has 3 aromatic carbocycles. The fourth-order valence-electron chi connectivity index (χ4n) is 4.52. The molecular formula is C28H37NOSi. The van der Waals surface area contributed by atoms with Gasteiger partial charge in [0.05, 0.1) is 0 Å². The molecule has 0 saturated heterocycles. The molecule has 2 nitrogen and oxygen atoms in total. The monoisotopic (exact) mass is 431 g/mol. The maximum absolute atomic E-state index is 6.99. The van der Waals surface area contributed by atoms with Gasteiger partial charge in [-0.1, -0.05) is 112 Å². The Morgan fingerprint density at radius 1 is 0.677 bits per heavy atom. The van der Waals surface area contributed by atoms with Crippen LogP contribution in [-0.2, 0) is 10.8 Å². The van der Waals surface area contributed by atoms with Gasteiger partial charge in [0, 0.05) is 18.7 Å². The van der Waals surface area contributed by atoms with Crippen LogP contribution in [0.1, 0.15) is 40.2 Å². The smallest absolute Gasteiger partial charge is 0.261 e. The first-order valence-corrected chi connectivity index (χ1v) is 13.2. The Balaban J connectivity index is 1.78. The average Bonchev–Trinajstić information content (AvgIpc) is 2.74. The van der Waals surface area contributed by atoms with Gasteiger partial charge in [-0.2, -0.15) is 0 Å². The molecule has 0 saturated carbocycles. The minimum Gasteiger partial charge on any atom is -0.406 e. The summed E-state index contributed by atoms with van der Waals surface area (Å²) in [5, 5.41) is 6.40. The molecule has 0 aliphatic carbocycles. The van der Waals surface area contributed by atoms with Gasteiger partial charge in [0.1, 0.15) is 0 Å². The van der Waals surface area contributed by atoms with Gasteiger partial charge in [-0.05, 0) is 41.2 Å². The number of benzene rings is 3. The molecule has 0 aliphatic rings. The Kier molecular flexibility index (Phi) is 7.53. The van der Waals surface area contributed by atoms with Crippen LogP contribution in [0.25, 0.3) is 0 Å². The second-order valence-corrected chi connectivity index (χ2v) is 14.3. The van der Waals surface area contributed by atoms with Crippen LogP contribution < -0.4 is 15.7 Å². The highest BCUT2D eigenvalue weighted by Crippen LogP contribution is 2.36. The van der Waals surface area contributed by atoms with E-state index in [-0.39, 0.29) is 10.6 Å². The molecule has 0 aromatic heterocycles. The number of rotatable bonds is 9. The Morgan fingerprint density at radius 2 is 1.13 bits per heavy atom. The summed E-state index contributed by atoms with van der Waals surface area (Å²) < 4.78 is 6.99. The van der Waals surface area contributed by atoms with Crippen molar-refractivity contribution < 1.29 is 4.43 Å². The SMILES string of the molecule is CC(C)(Cc1ccccc1)NCCO[Si](c1ccccc1)(c1ccccc1)C(C)(C)C. The Hall–Kier alpha value is -2.20. The summed E-state index contributed by atoms with van der Waals surface area (Å²) >= 11 is 0. The molecule has 3 heteroatoms. The van der Waals surface area contributed by atoms with Crippen LogP contribution in [-0.4, -0.2) is 27.0 Å². The maximum Gasteiger partial charge on any atom is 0.261 e. The summed E-state index contributed by atoms with van der Waals surface area (Å²) in [5.41, 5.74) is 1.36. The molecule has 164 valence electrons. The molecule has 0 heterocycles. The van der Waals surface area contributed by atoms with Gasteiger partial charge < -0.3 is 9.74 Å². The van der Waals surface area contributed by atoms with Gasteiger partial charge in [-0.25, -0.2) is 0 Å². The van der Waals surface area contributed by atoms with Crippen molar-refractivity contribution in [3.63, 3.8) is 0 Å². The van der Waals surface area contributed by atoms with Gasteiger partial charge >= 0.3 is 0 Å². The van der Waals surface area contributed by atoms with E-state index in [2.05, 4.69) is 131 Å². The lowest BCUT2D eigenvalue weighted by atomic mass is 9.95. The van der Waals surface area contributed by atoms with Crippen LogP contribution in [0.4, 0.5) is 0 Å². The standard InChI is InChI=1S/C28H37NOSi/c1-27(2,3)31(25-17-11-7-12-18-25,26-19-13-8-14-20-26)30-22-21-29-28(4,5)23-24-15-9-6-10-16-24/h6-20,29H,21-23H2,1-5H3. The summed E-state index contributed by atoms with van der Waals surface area (Å²) in [6, 6.07) is 32.4. The zero-order valence-electron chi connectivity index (χ0n) is 19.7. The molecule has 0 atom stereocenters. The molecule has 0 unspecified atom stereocenters. The Bertz CT molecular complexity index is 878. The van der Waals surface area contributed by atoms with E-state index in [0.29, 0.717) is 6.61 Å². The summed E-state index contributed by atoms with van der Waals surface area (Å²) in [6.07, 6.45) is 0.993. The van der Waals surface area contributed by atoms with E-state index in [4.69, 9.17) is 4.43 Å². The molecule has 0 amide bonds. The summed E-state index contributed by atoms with van der Waals surface area (Å²) in [4.78, 5) is 0. The summed E-state index contributed by atoms with van der Waals surface area (Å²) in [5.74, 6) is 0. The molecule has 3 aromatic rings. The van der Waals surface area contributed by atoms with E-state index >= 15 is 0 Å². The number of hydrogen-bond donors (Lipinski definition) is 1. The van der Waals surface area contributed by atoms with Crippen LogP contribution in [0.15, 0.2) is 91.0 Å². The van der Waals surface area contributed by atoms with Gasteiger partial charge in [0.15, 0.2) is 0 Å². The highest BCUT2D eigenvalue weighted by Gasteiger charge is 2.50. The van der Waals surface area contributed by atoms with Crippen molar-refractivity contribution in [2.24, 2.45) is 0 Å². The molecule has 0 bridgehead atoms. The zero-order valence-corrected chi connectivity index (χ0v) is 20.7. The average molecular weight is 432 g/mol. The van der Waals surface area contributed by atoms with Crippen molar-refractivity contribution in [2.45, 2.75) is 51.6 Å². The first-order chi connectivity index (χ1) is 14.7. The summed E-state index contributed by atoms with van der Waals surface area (Å²) in [7, 11) is -2.46. The fourth-order valence-corrected chi connectivity index (χ4v) is 9.09. The highest BCUT2D eigenvalue weighted by atomic mass is 28.4. The van der Waals surface area contributed by atoms with E-state index in [9.17, 15) is 0 Å². The molecule has 0 aliphatic heterocycles. The lowest BCUT2D eigenvalue weighted by Crippen LogP contribution is -2.67. The lowest BCUT2D eigenvalue weighted by molar-refractivity contribution is 0.270. The molecule has 1 N–H and O–H groups in total. The third kappa shape index (κ3) is 5.73. The first kappa shape index (κ1) is 23.5. The van der Waals surface area contributed by atoms with Crippen LogP contribution in [0, 0.1) is 0 Å². The number of nitrogens with one attached hydrogen (secondary N) is 1. The second-order valence-electron chi connectivity index (χ2n) is 9.98. The fraction of sp³-hybridized carbons (Fsp3) is 0.357. The van der Waals surface area contributed by atoms with Crippen molar-refractivity contribution in [3.05, 3.63) is 96.6 Å². The van der Waals surface area contributed by atoms with Crippen molar-refractivity contribution in [1.82, 2.24) is 5.32 Å². The van der Waals surface area contributed by atoms with Crippen LogP contribution in [0.5, 0.6) is 0 Å². The van der Waals surface area contributed by atoms with Crippen molar-refractivity contribution in [2.75, 3.05) is 13.2 Å². The van der Waals surface area contributed by atoms with E-state index in [1.807, 2.05) is 0 Å². The van der Waals surface area contributed by atoms with E-state index in [1.165, 1.54) is 15.9 Å². The van der Waals surface area contributed by atoms with Gasteiger partial charge in [0.2, 0.25) is 0 Å². The third-order valence-corrected chi connectivity index (χ3v) is 11.0. The summed E-state index contributed by atoms with van der Waals surface area (Å²) in [6.45, 7) is 13.0. The molecule has 0 fully saturated rings. The van der Waals surface area contributed by atoms with Crippen molar-refractivity contribution in [1.29, 1.82) is 0 Å². The Labute approximate surface area is 189 Å². The van der Waals surface area contributed by atoms with Gasteiger partial charge in [-0.15, -0.1) is 0 Å². The first-order valence-electron chi connectivity index (χ1n) is 11.3. The molecule has 0 radical (unpaired) electrons. The lowest BCUT2D eigenvalue weighted by Gasteiger charge is -2.43. The molecule has 0 spiro atoms. The van der Waals surface area contributed by atoms with E-state index in [1.54, 1.807) is 0 Å². The molecule has 3 rings (SSSR count). The maximum atomic E-state index is 6.99. The second kappa shape index (κ2) is 9.95. The minimum absolute atomic E-state index is 0.00919. The number of hydrogen-bond acceptors (Lipinski definition) is 2. The molecule has 31 heavy (non-hydrogen) atoms. The topological polar surface area (TPSA) is 21.3 Å². The van der Waals surface area contributed by atoms with E-state index < -0.39 is 8.32 Å². The predicted octanol–water partition coefficient (Wildman–Crippen LogP) is 5.17. The quantitative estimate of drug-likeness (QED) is 0.373. The van der Waals surface area contributed by atoms with Crippen molar-refractivity contribution in [3.8, 4) is 0 Å². The molecular weight excluding hydrogens is 394 g/mol. The van der Waals surface area contributed by atoms with Crippen LogP contribution >= 0.6 is 0 Å². The largest absolute Gasteiger partial charge is 0.406 e. The van der Waals surface area contributed by atoms with Crippen LogP contribution in [0.2, 0.25) is 5.04 Å². The predicted molar refractivity (Wildman–Crippen MR) is 136 cm³/mol. The normalized spacial score (nSPS) is 12.7. The van der Waals surface area contributed by atoms with Gasteiger partial charge in [0.25, 0.3) is 8.32 Å². The van der Waals surface area contributed by atoms with E-state index in [0.717, 1.165) is 13.0 Å². The Morgan fingerprint density at radius 3 is 1.58 bits per heavy atom. The van der Waals surface area contributed by atoms with Crippen molar-refractivity contribution >= 4 is 18.7 Å². The third-order valence-electron chi connectivity index (χ3n) is 5.93. The highest BCUT2D eigenvalue weighted by molar-refractivity contribution is 6.99. The van der Waals surface area contributed by atoms with Crippen LogP contribution in [0.3, 0.4) is 0 Å². The zero-order chi connectivity index (χ0) is 22.4.